The van der Waals surface area contributed by atoms with Crippen LogP contribution in [0.5, 0.6) is 0 Å². The lowest BCUT2D eigenvalue weighted by Crippen LogP contribution is -2.34. The fourth-order valence-electron chi connectivity index (χ4n) is 1.57. The Bertz CT molecular complexity index is 406. The molecular formula is C14H20N2O3. The Balaban J connectivity index is 2.34. The highest BCUT2D eigenvalue weighted by molar-refractivity contribution is 5.96. The van der Waals surface area contributed by atoms with Gasteiger partial charge in [-0.15, -0.1) is 0 Å². The Morgan fingerprint density at radius 2 is 1.95 bits per heavy atom. The van der Waals surface area contributed by atoms with Gasteiger partial charge in [-0.25, -0.2) is 0 Å². The van der Waals surface area contributed by atoms with Gasteiger partial charge < -0.3 is 15.0 Å². The van der Waals surface area contributed by atoms with Crippen LogP contribution in [-0.2, 0) is 20.9 Å². The fraction of sp³-hybridized carbons (Fsp3) is 0.429. The number of carbonyl (C=O) groups is 2. The van der Waals surface area contributed by atoms with Crippen LogP contribution >= 0.6 is 0 Å². The summed E-state index contributed by atoms with van der Waals surface area (Å²) in [6, 6.07) is 9.66. The van der Waals surface area contributed by atoms with Crippen molar-refractivity contribution in [1.82, 2.24) is 10.2 Å². The second-order valence-electron chi connectivity index (χ2n) is 4.25. The molecule has 1 aromatic rings. The van der Waals surface area contributed by atoms with Gasteiger partial charge >= 0.3 is 0 Å². The zero-order chi connectivity index (χ0) is 14.1. The summed E-state index contributed by atoms with van der Waals surface area (Å²) in [5.74, 6) is -0.472. The topological polar surface area (TPSA) is 58.6 Å². The van der Waals surface area contributed by atoms with Gasteiger partial charge in [-0.3, -0.25) is 9.59 Å². The van der Waals surface area contributed by atoms with Gasteiger partial charge in [0, 0.05) is 27.2 Å². The average Bonchev–Trinajstić information content (AvgIpc) is 2.40. The van der Waals surface area contributed by atoms with Crippen LogP contribution in [0.3, 0.4) is 0 Å². The maximum atomic E-state index is 11.8. The standard InChI is InChI=1S/C14H20N2O3/c1-16(11-12-6-4-3-5-7-12)14(18)10-13(17)15-8-9-19-2/h3-7H,8-11H2,1-2H3,(H,15,17). The molecule has 0 aliphatic rings. The first kappa shape index (κ1) is 15.2. The molecule has 0 aliphatic heterocycles. The maximum absolute atomic E-state index is 11.8. The van der Waals surface area contributed by atoms with Gasteiger partial charge in [0.1, 0.15) is 6.42 Å². The highest BCUT2D eigenvalue weighted by Gasteiger charge is 2.13. The van der Waals surface area contributed by atoms with E-state index in [1.165, 1.54) is 0 Å². The van der Waals surface area contributed by atoms with E-state index in [-0.39, 0.29) is 18.2 Å². The Labute approximate surface area is 113 Å². The van der Waals surface area contributed by atoms with Gasteiger partial charge in [-0.05, 0) is 5.56 Å². The molecule has 0 aromatic heterocycles. The lowest BCUT2D eigenvalue weighted by molar-refractivity contribution is -0.135. The highest BCUT2D eigenvalue weighted by atomic mass is 16.5. The van der Waals surface area contributed by atoms with E-state index in [9.17, 15) is 9.59 Å². The number of carbonyl (C=O) groups excluding carboxylic acids is 2. The molecule has 0 fully saturated rings. The Morgan fingerprint density at radius 3 is 2.58 bits per heavy atom. The van der Waals surface area contributed by atoms with Crippen LogP contribution < -0.4 is 5.32 Å². The van der Waals surface area contributed by atoms with E-state index in [0.29, 0.717) is 19.7 Å². The minimum atomic E-state index is -0.276. The molecule has 1 aromatic carbocycles. The van der Waals surface area contributed by atoms with Crippen molar-refractivity contribution >= 4 is 11.8 Å². The first-order valence-corrected chi connectivity index (χ1v) is 6.17. The number of hydrogen-bond acceptors (Lipinski definition) is 3. The molecule has 1 rings (SSSR count). The van der Waals surface area contributed by atoms with Crippen molar-refractivity contribution in [2.75, 3.05) is 27.3 Å². The first-order valence-electron chi connectivity index (χ1n) is 6.17. The zero-order valence-electron chi connectivity index (χ0n) is 11.4. The Kier molecular flexibility index (Phi) is 6.60. The summed E-state index contributed by atoms with van der Waals surface area (Å²) in [6.07, 6.45) is -0.132. The van der Waals surface area contributed by atoms with E-state index in [1.807, 2.05) is 30.3 Å². The molecule has 0 bridgehead atoms. The molecule has 0 spiro atoms. The normalized spacial score (nSPS) is 10.0. The molecule has 1 N–H and O–H groups in total. The number of nitrogens with zero attached hydrogens (tertiary/aromatic N) is 1. The zero-order valence-corrected chi connectivity index (χ0v) is 11.4. The fourth-order valence-corrected chi connectivity index (χ4v) is 1.57. The second-order valence-corrected chi connectivity index (χ2v) is 4.25. The van der Waals surface area contributed by atoms with Crippen LogP contribution in [0, 0.1) is 0 Å². The van der Waals surface area contributed by atoms with Crippen LogP contribution in [0.25, 0.3) is 0 Å². The molecule has 19 heavy (non-hydrogen) atoms. The molecule has 5 heteroatoms. The van der Waals surface area contributed by atoms with Crippen molar-refractivity contribution in [3.63, 3.8) is 0 Å². The number of hydrogen-bond donors (Lipinski definition) is 1. The van der Waals surface area contributed by atoms with Crippen molar-refractivity contribution in [1.29, 1.82) is 0 Å². The Morgan fingerprint density at radius 1 is 1.26 bits per heavy atom. The number of benzene rings is 1. The van der Waals surface area contributed by atoms with Crippen LogP contribution in [0.2, 0.25) is 0 Å². The Hall–Kier alpha value is -1.88. The summed E-state index contributed by atoms with van der Waals surface area (Å²) in [4.78, 5) is 24.8. The minimum absolute atomic E-state index is 0.132. The van der Waals surface area contributed by atoms with Crippen LogP contribution in [0.4, 0.5) is 0 Å². The quantitative estimate of drug-likeness (QED) is 0.585. The van der Waals surface area contributed by atoms with Crippen molar-refractivity contribution in [3.05, 3.63) is 35.9 Å². The van der Waals surface area contributed by atoms with E-state index in [4.69, 9.17) is 4.74 Å². The number of methoxy groups -OCH3 is 1. The summed E-state index contributed by atoms with van der Waals surface area (Å²) < 4.78 is 4.81. The van der Waals surface area contributed by atoms with Gasteiger partial charge in [-0.1, -0.05) is 30.3 Å². The molecule has 0 radical (unpaired) electrons. The molecule has 0 saturated heterocycles. The predicted molar refractivity (Wildman–Crippen MR) is 72.4 cm³/mol. The number of amides is 2. The number of nitrogens with one attached hydrogen (secondary N) is 1. The number of rotatable bonds is 7. The summed E-state index contributed by atoms with van der Waals surface area (Å²) >= 11 is 0. The number of ether oxygens (including phenoxy) is 1. The third kappa shape index (κ3) is 6.01. The first-order chi connectivity index (χ1) is 9.13. The summed E-state index contributed by atoms with van der Waals surface area (Å²) in [5, 5.41) is 2.62. The molecule has 0 aliphatic carbocycles. The third-order valence-electron chi connectivity index (χ3n) is 2.63. The van der Waals surface area contributed by atoms with Crippen LogP contribution in [0.1, 0.15) is 12.0 Å². The van der Waals surface area contributed by atoms with Crippen molar-refractivity contribution in [2.45, 2.75) is 13.0 Å². The highest BCUT2D eigenvalue weighted by Crippen LogP contribution is 2.03. The summed E-state index contributed by atoms with van der Waals surface area (Å²) in [6.45, 7) is 1.37. The lowest BCUT2D eigenvalue weighted by Gasteiger charge is -2.17. The van der Waals surface area contributed by atoms with Gasteiger partial charge in [0.2, 0.25) is 11.8 Å². The van der Waals surface area contributed by atoms with Crippen molar-refractivity contribution in [2.24, 2.45) is 0 Å². The molecule has 0 saturated carbocycles. The van der Waals surface area contributed by atoms with E-state index in [2.05, 4.69) is 5.32 Å². The third-order valence-corrected chi connectivity index (χ3v) is 2.63. The van der Waals surface area contributed by atoms with Crippen molar-refractivity contribution < 1.29 is 14.3 Å². The molecule has 0 heterocycles. The largest absolute Gasteiger partial charge is 0.383 e. The SMILES string of the molecule is COCCNC(=O)CC(=O)N(C)Cc1ccccc1. The van der Waals surface area contributed by atoms with Gasteiger partial charge in [0.05, 0.1) is 6.61 Å². The lowest BCUT2D eigenvalue weighted by atomic mass is 10.2. The van der Waals surface area contributed by atoms with E-state index in [1.54, 1.807) is 19.1 Å². The van der Waals surface area contributed by atoms with Gasteiger partial charge in [0.15, 0.2) is 0 Å². The van der Waals surface area contributed by atoms with Crippen LogP contribution in [0.15, 0.2) is 30.3 Å². The molecular weight excluding hydrogens is 244 g/mol. The average molecular weight is 264 g/mol. The van der Waals surface area contributed by atoms with E-state index in [0.717, 1.165) is 5.56 Å². The minimum Gasteiger partial charge on any atom is -0.383 e. The molecule has 2 amide bonds. The summed E-state index contributed by atoms with van der Waals surface area (Å²) in [5.41, 5.74) is 1.04. The van der Waals surface area contributed by atoms with Crippen LogP contribution in [-0.4, -0.2) is 44.0 Å². The monoisotopic (exact) mass is 264 g/mol. The smallest absolute Gasteiger partial charge is 0.232 e. The molecule has 0 atom stereocenters. The van der Waals surface area contributed by atoms with Gasteiger partial charge in [0.25, 0.3) is 0 Å². The second kappa shape index (κ2) is 8.26. The van der Waals surface area contributed by atoms with Gasteiger partial charge in [-0.2, -0.15) is 0 Å². The molecule has 104 valence electrons. The van der Waals surface area contributed by atoms with E-state index >= 15 is 0 Å². The predicted octanol–water partition coefficient (Wildman–Crippen LogP) is 0.798. The maximum Gasteiger partial charge on any atom is 0.232 e. The molecule has 0 unspecified atom stereocenters. The van der Waals surface area contributed by atoms with Crippen molar-refractivity contribution in [3.8, 4) is 0 Å². The van der Waals surface area contributed by atoms with E-state index < -0.39 is 0 Å². The molecule has 5 nitrogen and oxygen atoms in total. The summed E-state index contributed by atoms with van der Waals surface area (Å²) in [7, 11) is 3.25.